The SMILES string of the molecule is CCC1COC(C)CN1c1nc(C)ncc1CO. The summed E-state index contributed by atoms with van der Waals surface area (Å²) in [5.74, 6) is 1.59. The quantitative estimate of drug-likeness (QED) is 0.877. The Morgan fingerprint density at radius 1 is 1.56 bits per heavy atom. The fraction of sp³-hybridized carbons (Fsp3) is 0.692. The number of aliphatic hydroxyl groups is 1. The molecule has 0 bridgehead atoms. The van der Waals surface area contributed by atoms with Crippen LogP contribution in [-0.2, 0) is 11.3 Å². The van der Waals surface area contributed by atoms with Crippen LogP contribution in [0.25, 0.3) is 0 Å². The highest BCUT2D eigenvalue weighted by Crippen LogP contribution is 2.25. The molecule has 0 saturated carbocycles. The predicted octanol–water partition coefficient (Wildman–Crippen LogP) is 1.28. The lowest BCUT2D eigenvalue weighted by atomic mass is 10.1. The summed E-state index contributed by atoms with van der Waals surface area (Å²) in [5.41, 5.74) is 0.785. The molecule has 1 aliphatic heterocycles. The molecule has 1 fully saturated rings. The van der Waals surface area contributed by atoms with Crippen molar-refractivity contribution < 1.29 is 9.84 Å². The van der Waals surface area contributed by atoms with E-state index in [2.05, 4.69) is 28.7 Å². The van der Waals surface area contributed by atoms with Crippen LogP contribution >= 0.6 is 0 Å². The minimum absolute atomic E-state index is 0.0300. The van der Waals surface area contributed by atoms with Gasteiger partial charge in [-0.25, -0.2) is 9.97 Å². The van der Waals surface area contributed by atoms with Gasteiger partial charge in [0.05, 0.1) is 25.4 Å². The van der Waals surface area contributed by atoms with E-state index in [0.29, 0.717) is 12.6 Å². The summed E-state index contributed by atoms with van der Waals surface area (Å²) in [5, 5.41) is 9.43. The van der Waals surface area contributed by atoms with E-state index >= 15 is 0 Å². The van der Waals surface area contributed by atoms with E-state index < -0.39 is 0 Å². The molecule has 2 rings (SSSR count). The molecule has 1 N–H and O–H groups in total. The number of rotatable bonds is 3. The van der Waals surface area contributed by atoms with E-state index in [4.69, 9.17) is 4.74 Å². The van der Waals surface area contributed by atoms with Crippen molar-refractivity contribution in [1.82, 2.24) is 9.97 Å². The van der Waals surface area contributed by atoms with Crippen molar-refractivity contribution in [2.75, 3.05) is 18.1 Å². The first-order valence-electron chi connectivity index (χ1n) is 6.47. The molecule has 0 aliphatic carbocycles. The Morgan fingerprint density at radius 3 is 3.00 bits per heavy atom. The standard InChI is InChI=1S/C13H21N3O2/c1-4-12-8-18-9(2)6-16(12)13-11(7-17)5-14-10(3)15-13/h5,9,12,17H,4,6-8H2,1-3H3. The second kappa shape index (κ2) is 5.63. The van der Waals surface area contributed by atoms with Crippen molar-refractivity contribution in [2.24, 2.45) is 0 Å². The van der Waals surface area contributed by atoms with E-state index in [1.807, 2.05) is 6.92 Å². The number of hydrogen-bond donors (Lipinski definition) is 1. The first-order valence-corrected chi connectivity index (χ1v) is 6.47. The number of aryl methyl sites for hydroxylation is 1. The fourth-order valence-corrected chi connectivity index (χ4v) is 2.28. The Labute approximate surface area is 108 Å². The summed E-state index contributed by atoms with van der Waals surface area (Å²) in [6.07, 6.45) is 2.90. The van der Waals surface area contributed by atoms with Crippen LogP contribution in [0.5, 0.6) is 0 Å². The zero-order valence-corrected chi connectivity index (χ0v) is 11.3. The van der Waals surface area contributed by atoms with Gasteiger partial charge in [0, 0.05) is 18.3 Å². The Morgan fingerprint density at radius 2 is 2.33 bits per heavy atom. The average Bonchev–Trinajstić information content (AvgIpc) is 2.38. The molecule has 0 aromatic carbocycles. The minimum atomic E-state index is -0.0300. The maximum absolute atomic E-state index is 9.43. The van der Waals surface area contributed by atoms with Crippen LogP contribution in [0, 0.1) is 6.92 Å². The van der Waals surface area contributed by atoms with Crippen LogP contribution < -0.4 is 4.90 Å². The van der Waals surface area contributed by atoms with Gasteiger partial charge in [-0.3, -0.25) is 0 Å². The molecule has 1 saturated heterocycles. The molecule has 1 aromatic rings. The predicted molar refractivity (Wildman–Crippen MR) is 69.5 cm³/mol. The number of nitrogens with zero attached hydrogens (tertiary/aromatic N) is 3. The third-order valence-corrected chi connectivity index (χ3v) is 3.34. The average molecular weight is 251 g/mol. The van der Waals surface area contributed by atoms with Crippen LogP contribution in [0.4, 0.5) is 5.82 Å². The van der Waals surface area contributed by atoms with Crippen LogP contribution in [0.2, 0.25) is 0 Å². The first kappa shape index (κ1) is 13.2. The minimum Gasteiger partial charge on any atom is -0.391 e. The normalized spacial score (nSPS) is 24.3. The van der Waals surface area contributed by atoms with Crippen molar-refractivity contribution in [3.8, 4) is 0 Å². The zero-order chi connectivity index (χ0) is 13.1. The Bertz CT molecular complexity index is 411. The third kappa shape index (κ3) is 2.62. The van der Waals surface area contributed by atoms with Crippen LogP contribution in [0.1, 0.15) is 31.7 Å². The van der Waals surface area contributed by atoms with Crippen molar-refractivity contribution >= 4 is 5.82 Å². The maximum atomic E-state index is 9.43. The van der Waals surface area contributed by atoms with Gasteiger partial charge in [0.2, 0.25) is 0 Å². The van der Waals surface area contributed by atoms with E-state index in [1.54, 1.807) is 6.20 Å². The smallest absolute Gasteiger partial charge is 0.138 e. The molecule has 0 amide bonds. The van der Waals surface area contributed by atoms with Gasteiger partial charge in [-0.05, 0) is 20.3 Å². The van der Waals surface area contributed by atoms with Gasteiger partial charge >= 0.3 is 0 Å². The molecule has 2 heterocycles. The largest absolute Gasteiger partial charge is 0.391 e. The number of ether oxygens (including phenoxy) is 1. The van der Waals surface area contributed by atoms with E-state index in [0.717, 1.165) is 30.2 Å². The van der Waals surface area contributed by atoms with E-state index in [9.17, 15) is 5.11 Å². The molecule has 1 aromatic heterocycles. The van der Waals surface area contributed by atoms with Gasteiger partial charge in [0.1, 0.15) is 11.6 Å². The van der Waals surface area contributed by atoms with Crippen molar-refractivity contribution in [2.45, 2.75) is 45.9 Å². The summed E-state index contributed by atoms with van der Waals surface area (Å²) < 4.78 is 5.69. The number of morpholine rings is 1. The molecule has 0 radical (unpaired) electrons. The number of anilines is 1. The van der Waals surface area contributed by atoms with E-state index in [1.165, 1.54) is 0 Å². The van der Waals surface area contributed by atoms with Gasteiger partial charge in [-0.1, -0.05) is 6.92 Å². The summed E-state index contributed by atoms with van der Waals surface area (Å²) in [6.45, 7) is 7.57. The highest BCUT2D eigenvalue weighted by atomic mass is 16.5. The van der Waals surface area contributed by atoms with Gasteiger partial charge < -0.3 is 14.7 Å². The number of aliphatic hydroxyl groups excluding tert-OH is 1. The van der Waals surface area contributed by atoms with Crippen LogP contribution in [-0.4, -0.2) is 40.4 Å². The molecule has 2 unspecified atom stereocenters. The molecule has 18 heavy (non-hydrogen) atoms. The molecule has 5 heteroatoms. The van der Waals surface area contributed by atoms with E-state index in [-0.39, 0.29) is 12.7 Å². The second-order valence-corrected chi connectivity index (χ2v) is 4.78. The summed E-state index contributed by atoms with van der Waals surface area (Å²) in [6, 6.07) is 0.320. The van der Waals surface area contributed by atoms with Gasteiger partial charge in [0.25, 0.3) is 0 Å². The molecule has 1 aliphatic rings. The molecule has 100 valence electrons. The Balaban J connectivity index is 2.34. The number of hydrogen-bond acceptors (Lipinski definition) is 5. The Kier molecular flexibility index (Phi) is 4.14. The van der Waals surface area contributed by atoms with Crippen LogP contribution in [0.3, 0.4) is 0 Å². The topological polar surface area (TPSA) is 58.5 Å². The van der Waals surface area contributed by atoms with Crippen molar-refractivity contribution in [3.63, 3.8) is 0 Å². The molecule has 5 nitrogen and oxygen atoms in total. The molecular formula is C13H21N3O2. The van der Waals surface area contributed by atoms with Crippen molar-refractivity contribution in [3.05, 3.63) is 17.6 Å². The first-order chi connectivity index (χ1) is 8.65. The Hall–Kier alpha value is -1.20. The molecule has 0 spiro atoms. The maximum Gasteiger partial charge on any atom is 0.138 e. The highest BCUT2D eigenvalue weighted by molar-refractivity contribution is 5.47. The molecular weight excluding hydrogens is 230 g/mol. The van der Waals surface area contributed by atoms with Crippen LogP contribution in [0.15, 0.2) is 6.20 Å². The third-order valence-electron chi connectivity index (χ3n) is 3.34. The summed E-state index contributed by atoms with van der Waals surface area (Å²) in [4.78, 5) is 10.9. The lowest BCUT2D eigenvalue weighted by Crippen LogP contribution is -2.49. The lowest BCUT2D eigenvalue weighted by molar-refractivity contribution is 0.0294. The number of aromatic nitrogens is 2. The molecule has 2 atom stereocenters. The van der Waals surface area contributed by atoms with Crippen molar-refractivity contribution in [1.29, 1.82) is 0 Å². The zero-order valence-electron chi connectivity index (χ0n) is 11.3. The van der Waals surface area contributed by atoms with Gasteiger partial charge in [-0.2, -0.15) is 0 Å². The second-order valence-electron chi connectivity index (χ2n) is 4.78. The van der Waals surface area contributed by atoms with Gasteiger partial charge in [-0.15, -0.1) is 0 Å². The summed E-state index contributed by atoms with van der Waals surface area (Å²) in [7, 11) is 0. The fourth-order valence-electron chi connectivity index (χ4n) is 2.28. The summed E-state index contributed by atoms with van der Waals surface area (Å²) >= 11 is 0. The monoisotopic (exact) mass is 251 g/mol. The lowest BCUT2D eigenvalue weighted by Gasteiger charge is -2.39. The van der Waals surface area contributed by atoms with Gasteiger partial charge in [0.15, 0.2) is 0 Å². The highest BCUT2D eigenvalue weighted by Gasteiger charge is 2.28.